The van der Waals surface area contributed by atoms with E-state index in [1.54, 1.807) is 4.90 Å². The minimum atomic E-state index is -1.12. The summed E-state index contributed by atoms with van der Waals surface area (Å²) in [5, 5.41) is 29.4. The number of nitro groups is 1. The fraction of sp³-hybridized carbons (Fsp3) is 0.455. The Morgan fingerprint density at radius 2 is 2.25 bits per heavy atom. The topological polar surface area (TPSA) is 120 Å². The predicted octanol–water partition coefficient (Wildman–Crippen LogP) is 0.149. The molecule has 1 aliphatic rings. The van der Waals surface area contributed by atoms with Crippen molar-refractivity contribution in [3.8, 4) is 0 Å². The highest BCUT2D eigenvalue weighted by molar-refractivity contribution is 5.65. The van der Waals surface area contributed by atoms with Crippen LogP contribution < -0.4 is 4.90 Å². The maximum absolute atomic E-state index is 10.9. The van der Waals surface area contributed by atoms with Gasteiger partial charge in [0.2, 0.25) is 0 Å². The lowest BCUT2D eigenvalue weighted by molar-refractivity contribution is -0.385. The molecule has 0 unspecified atom stereocenters. The third-order valence-corrected chi connectivity index (χ3v) is 3.33. The Morgan fingerprint density at radius 3 is 2.75 bits per heavy atom. The molecule has 1 aromatic heterocycles. The maximum atomic E-state index is 10.9. The van der Waals surface area contributed by atoms with Crippen molar-refractivity contribution in [2.24, 2.45) is 0 Å². The third-order valence-electron chi connectivity index (χ3n) is 3.33. The van der Waals surface area contributed by atoms with Gasteiger partial charge in [-0.2, -0.15) is 0 Å². The summed E-state index contributed by atoms with van der Waals surface area (Å²) in [6.45, 7) is 0.516. The third kappa shape index (κ3) is 2.62. The van der Waals surface area contributed by atoms with Gasteiger partial charge in [-0.25, -0.2) is 9.78 Å². The predicted molar refractivity (Wildman–Crippen MR) is 68.7 cm³/mol. The Morgan fingerprint density at radius 1 is 1.55 bits per heavy atom. The average molecular weight is 282 g/mol. The Kier molecular flexibility index (Phi) is 3.70. The number of rotatable bonds is 3. The van der Waals surface area contributed by atoms with Crippen LogP contribution in [0.25, 0.3) is 0 Å². The molecule has 1 saturated heterocycles. The van der Waals surface area contributed by atoms with Crippen LogP contribution in [0.15, 0.2) is 18.3 Å². The van der Waals surface area contributed by atoms with Crippen molar-refractivity contribution in [1.82, 2.24) is 9.88 Å². The van der Waals surface area contributed by atoms with E-state index < -0.39 is 23.2 Å². The molecule has 0 bridgehead atoms. The van der Waals surface area contributed by atoms with E-state index in [2.05, 4.69) is 4.98 Å². The van der Waals surface area contributed by atoms with E-state index in [0.29, 0.717) is 5.82 Å². The van der Waals surface area contributed by atoms with Crippen molar-refractivity contribution in [3.05, 3.63) is 28.4 Å². The smallest absolute Gasteiger partial charge is 0.407 e. The van der Waals surface area contributed by atoms with Gasteiger partial charge in [0, 0.05) is 26.2 Å². The first-order chi connectivity index (χ1) is 9.40. The summed E-state index contributed by atoms with van der Waals surface area (Å²) in [6.07, 6.45) is -0.809. The molecule has 0 saturated carbocycles. The molecular weight excluding hydrogens is 268 g/mol. The Labute approximate surface area is 114 Å². The van der Waals surface area contributed by atoms with Crippen LogP contribution in [0.1, 0.15) is 0 Å². The minimum absolute atomic E-state index is 0.118. The molecule has 9 heteroatoms. The largest absolute Gasteiger partial charge is 0.465 e. The number of anilines is 1. The standard InChI is InChI=1S/C11H14N4O5/c1-13(11(17)18)8-5-14(6-9(8)16)10-3-2-7(4-12-10)15(19)20/h2-4,8-9,16H,5-6H2,1H3,(H,17,18)/t8-,9-/m1/s1. The van der Waals surface area contributed by atoms with Gasteiger partial charge < -0.3 is 20.0 Å². The minimum Gasteiger partial charge on any atom is -0.465 e. The molecule has 1 aliphatic heterocycles. The van der Waals surface area contributed by atoms with Crippen molar-refractivity contribution in [2.75, 3.05) is 25.0 Å². The van der Waals surface area contributed by atoms with Crippen LogP contribution in [0.3, 0.4) is 0 Å². The van der Waals surface area contributed by atoms with Gasteiger partial charge in [0.15, 0.2) is 0 Å². The van der Waals surface area contributed by atoms with E-state index in [9.17, 15) is 20.0 Å². The molecule has 0 aliphatic carbocycles. The zero-order valence-corrected chi connectivity index (χ0v) is 10.7. The average Bonchev–Trinajstić information content (AvgIpc) is 2.80. The summed E-state index contributed by atoms with van der Waals surface area (Å²) in [6, 6.07) is 2.25. The van der Waals surface area contributed by atoms with Crippen LogP contribution in [0, 0.1) is 10.1 Å². The highest BCUT2D eigenvalue weighted by atomic mass is 16.6. The molecule has 2 rings (SSSR count). The molecule has 0 aromatic carbocycles. The van der Waals surface area contributed by atoms with E-state index in [1.165, 1.54) is 19.2 Å². The number of carboxylic acid groups (broad SMARTS) is 1. The quantitative estimate of drug-likeness (QED) is 0.598. The first kappa shape index (κ1) is 14.0. The lowest BCUT2D eigenvalue weighted by atomic mass is 10.2. The maximum Gasteiger partial charge on any atom is 0.407 e. The SMILES string of the molecule is CN(C(=O)O)[C@@H]1CN(c2ccc([N+](=O)[O-])cn2)C[C@H]1O. The zero-order chi connectivity index (χ0) is 14.9. The second kappa shape index (κ2) is 5.29. The number of aromatic nitrogens is 1. The molecule has 108 valence electrons. The van der Waals surface area contributed by atoms with Gasteiger partial charge >= 0.3 is 6.09 Å². The summed E-state index contributed by atoms with van der Waals surface area (Å²) in [4.78, 5) is 27.6. The van der Waals surface area contributed by atoms with Gasteiger partial charge in [-0.1, -0.05) is 0 Å². The molecule has 20 heavy (non-hydrogen) atoms. The van der Waals surface area contributed by atoms with Crippen molar-refractivity contribution in [3.63, 3.8) is 0 Å². The van der Waals surface area contributed by atoms with Gasteiger partial charge in [0.1, 0.15) is 12.0 Å². The number of β-amino-alcohol motifs (C(OH)–C–C–N with tert-alkyl or cyclic N) is 1. The number of aliphatic hydroxyl groups excluding tert-OH is 1. The molecule has 9 nitrogen and oxygen atoms in total. The van der Waals surface area contributed by atoms with Crippen LogP contribution in [-0.4, -0.2) is 63.4 Å². The number of nitrogens with zero attached hydrogens (tertiary/aromatic N) is 4. The molecule has 0 radical (unpaired) electrons. The second-order valence-corrected chi connectivity index (χ2v) is 4.56. The van der Waals surface area contributed by atoms with Crippen molar-refractivity contribution < 1.29 is 19.9 Å². The zero-order valence-electron chi connectivity index (χ0n) is 10.7. The second-order valence-electron chi connectivity index (χ2n) is 4.56. The van der Waals surface area contributed by atoms with Gasteiger partial charge in [-0.05, 0) is 6.07 Å². The van der Waals surface area contributed by atoms with Gasteiger partial charge in [0.05, 0.1) is 17.1 Å². The van der Waals surface area contributed by atoms with Crippen LogP contribution in [-0.2, 0) is 0 Å². The van der Waals surface area contributed by atoms with E-state index in [1.807, 2.05) is 0 Å². The molecule has 1 fully saturated rings. The first-order valence-electron chi connectivity index (χ1n) is 5.89. The Hall–Kier alpha value is -2.42. The number of pyridine rings is 1. The summed E-state index contributed by atoms with van der Waals surface area (Å²) in [7, 11) is 1.39. The van der Waals surface area contributed by atoms with Gasteiger partial charge in [0.25, 0.3) is 5.69 Å². The fourth-order valence-corrected chi connectivity index (χ4v) is 2.15. The highest BCUT2D eigenvalue weighted by Gasteiger charge is 2.36. The van der Waals surface area contributed by atoms with Crippen molar-refractivity contribution in [1.29, 1.82) is 0 Å². The summed E-state index contributed by atoms with van der Waals surface area (Å²) >= 11 is 0. The molecule has 2 heterocycles. The Balaban J connectivity index is 2.11. The Bertz CT molecular complexity index is 520. The number of amides is 1. The first-order valence-corrected chi connectivity index (χ1v) is 5.89. The number of aliphatic hydroxyl groups is 1. The van der Waals surface area contributed by atoms with Crippen molar-refractivity contribution >= 4 is 17.6 Å². The lowest BCUT2D eigenvalue weighted by Gasteiger charge is -2.23. The molecule has 1 amide bonds. The van der Waals surface area contributed by atoms with E-state index in [-0.39, 0.29) is 18.8 Å². The van der Waals surface area contributed by atoms with E-state index >= 15 is 0 Å². The van der Waals surface area contributed by atoms with Gasteiger partial charge in [-0.3, -0.25) is 10.1 Å². The summed E-state index contributed by atoms with van der Waals surface area (Å²) in [5.41, 5.74) is -0.118. The van der Waals surface area contributed by atoms with Gasteiger partial charge in [-0.15, -0.1) is 0 Å². The fourth-order valence-electron chi connectivity index (χ4n) is 2.15. The van der Waals surface area contributed by atoms with Crippen molar-refractivity contribution in [2.45, 2.75) is 12.1 Å². The van der Waals surface area contributed by atoms with E-state index in [4.69, 9.17) is 5.11 Å². The molecule has 2 N–H and O–H groups in total. The molecule has 2 atom stereocenters. The number of likely N-dealkylation sites (N-methyl/N-ethyl adjacent to an activating group) is 1. The van der Waals surface area contributed by atoms with Crippen LogP contribution in [0.5, 0.6) is 0 Å². The highest BCUT2D eigenvalue weighted by Crippen LogP contribution is 2.22. The number of hydrogen-bond donors (Lipinski definition) is 2. The number of carbonyl (C=O) groups is 1. The molecule has 0 spiro atoms. The van der Waals surface area contributed by atoms with Crippen LogP contribution in [0.4, 0.5) is 16.3 Å². The van der Waals surface area contributed by atoms with E-state index in [0.717, 1.165) is 11.1 Å². The lowest BCUT2D eigenvalue weighted by Crippen LogP contribution is -2.43. The summed E-state index contributed by atoms with van der Waals surface area (Å²) in [5.74, 6) is 0.468. The monoisotopic (exact) mass is 282 g/mol. The molecular formula is C11H14N4O5. The van der Waals surface area contributed by atoms with Crippen LogP contribution in [0.2, 0.25) is 0 Å². The normalized spacial score (nSPS) is 21.8. The molecule has 1 aromatic rings. The van der Waals surface area contributed by atoms with Crippen LogP contribution >= 0.6 is 0 Å². The number of hydrogen-bond acceptors (Lipinski definition) is 6. The summed E-state index contributed by atoms with van der Waals surface area (Å²) < 4.78 is 0.